The maximum Gasteiger partial charge on any atom is 0.307 e. The largest absolute Gasteiger partial charge is 0.481 e. The second-order valence-electron chi connectivity index (χ2n) is 11.7. The molecule has 0 aromatic heterocycles. The lowest BCUT2D eigenvalue weighted by Gasteiger charge is -2.22. The zero-order valence-corrected chi connectivity index (χ0v) is 27.9. The van der Waals surface area contributed by atoms with Crippen molar-refractivity contribution in [1.29, 1.82) is 0 Å². The maximum absolute atomic E-state index is 12.3. The number of ketones is 2. The molecular formula is C34H42BrIO6. The van der Waals surface area contributed by atoms with Crippen LogP contribution in [0, 0.1) is 27.2 Å². The standard InChI is InChI=1S/C17H21BrO3.C17H21IO3/c2*18-15-8-4-5-12(10-15)9-14(17(20)21)11-16(19)13-6-2-1-3-7-13/h2*4-5,8,10,13-14H,1-3,6-7,9,11H2,(H,20,21). The summed E-state index contributed by atoms with van der Waals surface area (Å²) in [7, 11) is 0. The highest BCUT2D eigenvalue weighted by Crippen LogP contribution is 2.29. The maximum atomic E-state index is 12.3. The van der Waals surface area contributed by atoms with Gasteiger partial charge in [0.2, 0.25) is 0 Å². The molecule has 4 rings (SSSR count). The van der Waals surface area contributed by atoms with Crippen molar-refractivity contribution in [2.75, 3.05) is 0 Å². The van der Waals surface area contributed by atoms with E-state index in [1.807, 2.05) is 48.5 Å². The van der Waals surface area contributed by atoms with E-state index in [2.05, 4.69) is 38.5 Å². The minimum Gasteiger partial charge on any atom is -0.481 e. The van der Waals surface area contributed by atoms with Crippen LogP contribution in [0.25, 0.3) is 0 Å². The van der Waals surface area contributed by atoms with E-state index in [4.69, 9.17) is 0 Å². The molecule has 228 valence electrons. The predicted octanol–water partition coefficient (Wildman–Crippen LogP) is 8.31. The topological polar surface area (TPSA) is 109 Å². The van der Waals surface area contributed by atoms with E-state index >= 15 is 0 Å². The van der Waals surface area contributed by atoms with Gasteiger partial charge in [-0.3, -0.25) is 19.2 Å². The molecule has 0 radical (unpaired) electrons. The minimum atomic E-state index is -0.876. The van der Waals surface area contributed by atoms with Crippen LogP contribution in [0.4, 0.5) is 0 Å². The molecule has 0 amide bonds. The molecule has 2 fully saturated rings. The molecule has 0 spiro atoms. The second-order valence-corrected chi connectivity index (χ2v) is 13.9. The van der Waals surface area contributed by atoms with Crippen LogP contribution < -0.4 is 0 Å². The van der Waals surface area contributed by atoms with Crippen LogP contribution >= 0.6 is 38.5 Å². The van der Waals surface area contributed by atoms with Gasteiger partial charge in [0.25, 0.3) is 0 Å². The second kappa shape index (κ2) is 17.9. The van der Waals surface area contributed by atoms with Gasteiger partial charge in [-0.1, -0.05) is 78.7 Å². The van der Waals surface area contributed by atoms with Crippen LogP contribution in [0.2, 0.25) is 0 Å². The van der Waals surface area contributed by atoms with Gasteiger partial charge in [-0.05, 0) is 96.5 Å². The van der Waals surface area contributed by atoms with Crippen molar-refractivity contribution in [1.82, 2.24) is 0 Å². The van der Waals surface area contributed by atoms with Crippen LogP contribution in [0.15, 0.2) is 53.0 Å². The molecule has 6 nitrogen and oxygen atoms in total. The van der Waals surface area contributed by atoms with E-state index in [1.165, 1.54) is 12.8 Å². The average molecular weight is 754 g/mol. The summed E-state index contributed by atoms with van der Waals surface area (Å²) in [6.07, 6.45) is 11.7. The Morgan fingerprint density at radius 3 is 1.52 bits per heavy atom. The van der Waals surface area contributed by atoms with Crippen molar-refractivity contribution in [2.45, 2.75) is 89.9 Å². The fraction of sp³-hybridized carbons (Fsp3) is 0.529. The van der Waals surface area contributed by atoms with Crippen molar-refractivity contribution in [3.05, 3.63) is 67.7 Å². The summed E-state index contributed by atoms with van der Waals surface area (Å²) < 4.78 is 2.02. The Bertz CT molecular complexity index is 1110. The summed E-state index contributed by atoms with van der Waals surface area (Å²) in [5, 5.41) is 18.8. The van der Waals surface area contributed by atoms with E-state index in [1.54, 1.807) is 0 Å². The third kappa shape index (κ3) is 11.9. The van der Waals surface area contributed by atoms with Crippen LogP contribution in [0.5, 0.6) is 0 Å². The van der Waals surface area contributed by atoms with Gasteiger partial charge in [-0.15, -0.1) is 0 Å². The van der Waals surface area contributed by atoms with E-state index in [0.717, 1.165) is 70.5 Å². The average Bonchev–Trinajstić information content (AvgIpc) is 2.97. The summed E-state index contributed by atoms with van der Waals surface area (Å²) >= 11 is 5.60. The number of hydrogen-bond donors (Lipinski definition) is 2. The van der Waals surface area contributed by atoms with Gasteiger partial charge in [-0.25, -0.2) is 0 Å². The Labute approximate surface area is 271 Å². The van der Waals surface area contributed by atoms with Crippen molar-refractivity contribution >= 4 is 62.0 Å². The Hall–Kier alpha value is -2.07. The van der Waals surface area contributed by atoms with Crippen molar-refractivity contribution in [3.8, 4) is 0 Å². The first kappa shape index (κ1) is 34.4. The van der Waals surface area contributed by atoms with Crippen LogP contribution in [0.1, 0.15) is 88.2 Å². The van der Waals surface area contributed by atoms with Gasteiger partial charge in [0, 0.05) is 32.7 Å². The molecule has 2 aliphatic rings. The normalized spacial score (nSPS) is 17.4. The molecule has 0 saturated heterocycles. The molecule has 2 saturated carbocycles. The lowest BCUT2D eigenvalue weighted by Crippen LogP contribution is -2.25. The van der Waals surface area contributed by atoms with Crippen LogP contribution in [-0.4, -0.2) is 33.7 Å². The zero-order chi connectivity index (χ0) is 30.5. The van der Waals surface area contributed by atoms with Gasteiger partial charge >= 0.3 is 11.9 Å². The van der Waals surface area contributed by atoms with Crippen molar-refractivity contribution in [2.24, 2.45) is 23.7 Å². The van der Waals surface area contributed by atoms with Gasteiger partial charge in [0.15, 0.2) is 0 Å². The van der Waals surface area contributed by atoms with Gasteiger partial charge in [0.1, 0.15) is 11.6 Å². The highest BCUT2D eigenvalue weighted by Gasteiger charge is 2.28. The first-order chi connectivity index (χ1) is 20.1. The summed E-state index contributed by atoms with van der Waals surface area (Å²) in [4.78, 5) is 47.5. The first-order valence-electron chi connectivity index (χ1n) is 15.1. The molecule has 2 aromatic carbocycles. The summed E-state index contributed by atoms with van der Waals surface area (Å²) in [5.41, 5.74) is 1.94. The Morgan fingerprint density at radius 2 is 1.12 bits per heavy atom. The van der Waals surface area contributed by atoms with Crippen LogP contribution in [0.3, 0.4) is 0 Å². The number of Topliss-reactive ketones (excluding diaryl/α,β-unsaturated/α-hetero) is 2. The van der Waals surface area contributed by atoms with E-state index in [0.29, 0.717) is 12.8 Å². The third-order valence-electron chi connectivity index (χ3n) is 8.46. The quantitative estimate of drug-likeness (QED) is 0.211. The number of aliphatic carboxylic acids is 2. The summed E-state index contributed by atoms with van der Waals surface area (Å²) in [6, 6.07) is 15.5. The number of halogens is 2. The molecule has 0 aliphatic heterocycles. The monoisotopic (exact) mass is 752 g/mol. The molecule has 8 heteroatoms. The number of benzene rings is 2. The SMILES string of the molecule is O=C(O)C(CC(=O)C1CCCCC1)Cc1cccc(Br)c1.O=C(O)C(CC(=O)C1CCCCC1)Cc1cccc(I)c1. The Kier molecular flexibility index (Phi) is 14.7. The minimum absolute atomic E-state index is 0.0862. The third-order valence-corrected chi connectivity index (χ3v) is 9.62. The lowest BCUT2D eigenvalue weighted by atomic mass is 9.82. The van der Waals surface area contributed by atoms with Crippen molar-refractivity contribution in [3.63, 3.8) is 0 Å². The van der Waals surface area contributed by atoms with E-state index < -0.39 is 23.8 Å². The molecule has 0 bridgehead atoms. The molecule has 2 N–H and O–H groups in total. The fourth-order valence-corrected chi connectivity index (χ4v) is 7.11. The van der Waals surface area contributed by atoms with E-state index in [-0.39, 0.29) is 36.2 Å². The smallest absolute Gasteiger partial charge is 0.307 e. The van der Waals surface area contributed by atoms with Crippen molar-refractivity contribution < 1.29 is 29.4 Å². The summed E-state index contributed by atoms with van der Waals surface area (Å²) in [5.74, 6) is -2.49. The zero-order valence-electron chi connectivity index (χ0n) is 24.1. The molecule has 42 heavy (non-hydrogen) atoms. The predicted molar refractivity (Wildman–Crippen MR) is 175 cm³/mol. The number of rotatable bonds is 12. The Balaban J connectivity index is 0.000000230. The molecule has 2 aliphatic carbocycles. The lowest BCUT2D eigenvalue weighted by molar-refractivity contribution is -0.144. The highest BCUT2D eigenvalue weighted by atomic mass is 127. The number of carbonyl (C=O) groups excluding carboxylic acids is 2. The van der Waals surface area contributed by atoms with Gasteiger partial charge < -0.3 is 10.2 Å². The summed E-state index contributed by atoms with van der Waals surface area (Å²) in [6.45, 7) is 0. The molecule has 0 heterocycles. The van der Waals surface area contributed by atoms with Crippen LogP contribution in [-0.2, 0) is 32.0 Å². The van der Waals surface area contributed by atoms with E-state index in [9.17, 15) is 29.4 Å². The van der Waals surface area contributed by atoms with Gasteiger partial charge in [-0.2, -0.15) is 0 Å². The molecule has 2 aromatic rings. The van der Waals surface area contributed by atoms with Gasteiger partial charge in [0.05, 0.1) is 11.8 Å². The fourth-order valence-electron chi connectivity index (χ4n) is 6.06. The number of hydrogen-bond acceptors (Lipinski definition) is 4. The molecule has 2 unspecified atom stereocenters. The molecule has 2 atom stereocenters. The Morgan fingerprint density at radius 1 is 0.690 bits per heavy atom. The number of carboxylic acids is 2. The number of carbonyl (C=O) groups is 4. The number of carboxylic acid groups (broad SMARTS) is 2. The first-order valence-corrected chi connectivity index (χ1v) is 17.0. The molecular weight excluding hydrogens is 711 g/mol. The highest BCUT2D eigenvalue weighted by molar-refractivity contribution is 14.1.